The Labute approximate surface area is 156 Å². The van der Waals surface area contributed by atoms with Gasteiger partial charge in [0.1, 0.15) is 5.69 Å². The molecule has 1 aromatic carbocycles. The van der Waals surface area contributed by atoms with E-state index in [-0.39, 0.29) is 28.9 Å². The van der Waals surface area contributed by atoms with E-state index in [1.165, 1.54) is 7.11 Å². The molecule has 0 saturated carbocycles. The fraction of sp³-hybridized carbons (Fsp3) is 0.650. The summed E-state index contributed by atoms with van der Waals surface area (Å²) in [5.41, 5.74) is 1.56. The van der Waals surface area contributed by atoms with Crippen molar-refractivity contribution < 1.29 is 14.5 Å². The first kappa shape index (κ1) is 21.9. The van der Waals surface area contributed by atoms with Gasteiger partial charge in [-0.3, -0.25) is 14.9 Å². The van der Waals surface area contributed by atoms with Crippen LogP contribution >= 0.6 is 0 Å². The van der Waals surface area contributed by atoms with Crippen LogP contribution in [0, 0.1) is 22.0 Å². The molecule has 6 nitrogen and oxygen atoms in total. The SMILES string of the molecule is CC[C@@H](CC(=O)OC)c1ccc(N(CC(C)C)CC(C)C)c([N+](=O)[O-])c1. The average Bonchev–Trinajstić information content (AvgIpc) is 2.57. The van der Waals surface area contributed by atoms with Crippen LogP contribution in [0.4, 0.5) is 11.4 Å². The van der Waals surface area contributed by atoms with Crippen LogP contribution in [0.25, 0.3) is 0 Å². The number of hydrogen-bond donors (Lipinski definition) is 0. The number of esters is 1. The van der Waals surface area contributed by atoms with E-state index in [1.54, 1.807) is 6.07 Å². The van der Waals surface area contributed by atoms with Gasteiger partial charge in [0.05, 0.1) is 18.5 Å². The van der Waals surface area contributed by atoms with Crippen molar-refractivity contribution in [2.75, 3.05) is 25.1 Å². The van der Waals surface area contributed by atoms with Gasteiger partial charge < -0.3 is 9.64 Å². The van der Waals surface area contributed by atoms with Crippen molar-refractivity contribution in [3.05, 3.63) is 33.9 Å². The first-order chi connectivity index (χ1) is 12.2. The predicted octanol–water partition coefficient (Wildman–Crippen LogP) is 4.77. The number of nitro groups is 1. The van der Waals surface area contributed by atoms with Crippen LogP contribution in [0.3, 0.4) is 0 Å². The van der Waals surface area contributed by atoms with Gasteiger partial charge in [-0.15, -0.1) is 0 Å². The van der Waals surface area contributed by atoms with E-state index in [0.717, 1.165) is 18.7 Å². The molecule has 26 heavy (non-hydrogen) atoms. The molecular formula is C20H32N2O4. The molecule has 0 radical (unpaired) electrons. The summed E-state index contributed by atoms with van der Waals surface area (Å²) in [6.45, 7) is 11.9. The average molecular weight is 364 g/mol. The molecule has 6 heteroatoms. The van der Waals surface area contributed by atoms with Gasteiger partial charge in [-0.1, -0.05) is 40.7 Å². The van der Waals surface area contributed by atoms with Gasteiger partial charge in [0.2, 0.25) is 0 Å². The second kappa shape index (κ2) is 10.1. The van der Waals surface area contributed by atoms with Crippen LogP contribution < -0.4 is 4.90 Å². The van der Waals surface area contributed by atoms with Gasteiger partial charge in [0.25, 0.3) is 5.69 Å². The van der Waals surface area contributed by atoms with Crippen molar-refractivity contribution in [1.82, 2.24) is 0 Å². The largest absolute Gasteiger partial charge is 0.469 e. The third-order valence-electron chi connectivity index (χ3n) is 4.31. The van der Waals surface area contributed by atoms with Crippen molar-refractivity contribution in [1.29, 1.82) is 0 Å². The zero-order chi connectivity index (χ0) is 19.9. The number of nitrogens with zero attached hydrogens (tertiary/aromatic N) is 2. The van der Waals surface area contributed by atoms with E-state index in [9.17, 15) is 14.9 Å². The standard InChI is InChI=1S/C20H32N2O4/c1-7-16(11-20(23)26-6)17-8-9-18(19(10-17)22(24)25)21(12-14(2)3)13-15(4)5/h8-10,14-16H,7,11-13H2,1-6H3/t16-/m0/s1. The van der Waals surface area contributed by atoms with Crippen molar-refractivity contribution >= 4 is 17.3 Å². The first-order valence-corrected chi connectivity index (χ1v) is 9.29. The molecule has 0 saturated heterocycles. The number of carbonyl (C=O) groups is 1. The van der Waals surface area contributed by atoms with Crippen LogP contribution in [-0.4, -0.2) is 31.1 Å². The monoisotopic (exact) mass is 364 g/mol. The Hall–Kier alpha value is -2.11. The minimum atomic E-state index is -0.322. The molecule has 0 N–H and O–H groups in total. The number of methoxy groups -OCH3 is 1. The number of ether oxygens (including phenoxy) is 1. The molecule has 146 valence electrons. The summed E-state index contributed by atoms with van der Waals surface area (Å²) in [6, 6.07) is 5.37. The molecule has 0 aliphatic carbocycles. The molecule has 0 bridgehead atoms. The molecule has 0 heterocycles. The van der Waals surface area contributed by atoms with Crippen LogP contribution in [0.2, 0.25) is 0 Å². The Balaban J connectivity index is 3.28. The maximum absolute atomic E-state index is 11.7. The Morgan fingerprint density at radius 2 is 1.77 bits per heavy atom. The number of carbonyl (C=O) groups excluding carboxylic acids is 1. The molecular weight excluding hydrogens is 332 g/mol. The van der Waals surface area contributed by atoms with Crippen LogP contribution in [-0.2, 0) is 9.53 Å². The zero-order valence-electron chi connectivity index (χ0n) is 16.8. The molecule has 0 amide bonds. The minimum Gasteiger partial charge on any atom is -0.469 e. The predicted molar refractivity (Wildman–Crippen MR) is 105 cm³/mol. The minimum absolute atomic E-state index is 0.0844. The molecule has 0 fully saturated rings. The molecule has 1 atom stereocenters. The van der Waals surface area contributed by atoms with Crippen molar-refractivity contribution in [3.63, 3.8) is 0 Å². The highest BCUT2D eigenvalue weighted by Crippen LogP contribution is 2.34. The normalized spacial score (nSPS) is 12.3. The summed E-state index contributed by atoms with van der Waals surface area (Å²) in [7, 11) is 1.36. The Kier molecular flexibility index (Phi) is 8.55. The third-order valence-corrected chi connectivity index (χ3v) is 4.31. The van der Waals surface area contributed by atoms with E-state index < -0.39 is 0 Å². The fourth-order valence-electron chi connectivity index (χ4n) is 3.14. The Morgan fingerprint density at radius 3 is 2.19 bits per heavy atom. The van der Waals surface area contributed by atoms with E-state index in [4.69, 9.17) is 4.74 Å². The first-order valence-electron chi connectivity index (χ1n) is 9.29. The van der Waals surface area contributed by atoms with Crippen LogP contribution in [0.15, 0.2) is 18.2 Å². The van der Waals surface area contributed by atoms with Gasteiger partial charge in [-0.2, -0.15) is 0 Å². The topological polar surface area (TPSA) is 72.7 Å². The summed E-state index contributed by atoms with van der Waals surface area (Å²) >= 11 is 0. The van der Waals surface area contributed by atoms with Gasteiger partial charge in [0.15, 0.2) is 0 Å². The second-order valence-corrected chi connectivity index (χ2v) is 7.58. The highest BCUT2D eigenvalue weighted by Gasteiger charge is 2.24. The molecule has 1 aromatic rings. The van der Waals surface area contributed by atoms with Gasteiger partial charge in [-0.25, -0.2) is 0 Å². The van der Waals surface area contributed by atoms with Crippen molar-refractivity contribution in [2.24, 2.45) is 11.8 Å². The number of nitro benzene ring substituents is 1. The summed E-state index contributed by atoms with van der Waals surface area (Å²) in [6.07, 6.45) is 0.943. The lowest BCUT2D eigenvalue weighted by Gasteiger charge is -2.28. The maximum Gasteiger partial charge on any atom is 0.306 e. The summed E-state index contributed by atoms with van der Waals surface area (Å²) in [5, 5.41) is 11.7. The van der Waals surface area contributed by atoms with E-state index >= 15 is 0 Å². The third kappa shape index (κ3) is 6.32. The van der Waals surface area contributed by atoms with Crippen molar-refractivity contribution in [2.45, 2.75) is 53.4 Å². The number of rotatable bonds is 10. The summed E-state index contributed by atoms with van der Waals surface area (Å²) in [4.78, 5) is 25.1. The van der Waals surface area contributed by atoms with Gasteiger partial charge in [-0.05, 0) is 35.8 Å². The number of hydrogen-bond acceptors (Lipinski definition) is 5. The second-order valence-electron chi connectivity index (χ2n) is 7.58. The highest BCUT2D eigenvalue weighted by molar-refractivity contribution is 5.71. The molecule has 1 rings (SSSR count). The Morgan fingerprint density at radius 1 is 1.19 bits per heavy atom. The Bertz CT molecular complexity index is 604. The zero-order valence-corrected chi connectivity index (χ0v) is 16.8. The maximum atomic E-state index is 11.7. The quantitative estimate of drug-likeness (QED) is 0.340. The molecule has 0 aromatic heterocycles. The van der Waals surface area contributed by atoms with Crippen molar-refractivity contribution in [3.8, 4) is 0 Å². The number of anilines is 1. The fourth-order valence-corrected chi connectivity index (χ4v) is 3.14. The molecule has 0 aliphatic heterocycles. The lowest BCUT2D eigenvalue weighted by atomic mass is 9.92. The van der Waals surface area contributed by atoms with E-state index in [1.807, 2.05) is 19.1 Å². The lowest BCUT2D eigenvalue weighted by Crippen LogP contribution is -2.31. The van der Waals surface area contributed by atoms with E-state index in [2.05, 4.69) is 32.6 Å². The van der Waals surface area contributed by atoms with Crippen LogP contribution in [0.5, 0.6) is 0 Å². The van der Waals surface area contributed by atoms with Gasteiger partial charge in [0, 0.05) is 19.2 Å². The van der Waals surface area contributed by atoms with Gasteiger partial charge >= 0.3 is 5.97 Å². The van der Waals surface area contributed by atoms with Crippen LogP contribution in [0.1, 0.15) is 58.9 Å². The lowest BCUT2D eigenvalue weighted by molar-refractivity contribution is -0.384. The molecule has 0 aliphatic rings. The molecule has 0 unspecified atom stereocenters. The smallest absolute Gasteiger partial charge is 0.306 e. The summed E-state index contributed by atoms with van der Waals surface area (Å²) in [5.74, 6) is 0.412. The summed E-state index contributed by atoms with van der Waals surface area (Å²) < 4.78 is 4.75. The van der Waals surface area contributed by atoms with E-state index in [0.29, 0.717) is 23.9 Å². The molecule has 0 spiro atoms. The number of benzene rings is 1. The highest BCUT2D eigenvalue weighted by atomic mass is 16.6.